The minimum Gasteiger partial charge on any atom is -0.496 e. The zero-order valence-electron chi connectivity index (χ0n) is 11.6. The molecule has 4 heteroatoms. The average molecular weight is 263 g/mol. The van der Waals surface area contributed by atoms with Crippen molar-refractivity contribution in [1.29, 1.82) is 0 Å². The van der Waals surface area contributed by atoms with E-state index in [2.05, 4.69) is 0 Å². The lowest BCUT2D eigenvalue weighted by atomic mass is 10.0. The predicted molar refractivity (Wildman–Crippen MR) is 73.4 cm³/mol. The highest BCUT2D eigenvalue weighted by Crippen LogP contribution is 2.30. The number of amides is 1. The van der Waals surface area contributed by atoms with Crippen molar-refractivity contribution in [3.63, 3.8) is 0 Å². The van der Waals surface area contributed by atoms with Crippen LogP contribution in [0.1, 0.15) is 36.0 Å². The van der Waals surface area contributed by atoms with Crippen LogP contribution in [0.5, 0.6) is 5.75 Å². The Labute approximate surface area is 114 Å². The van der Waals surface area contributed by atoms with Gasteiger partial charge in [0.05, 0.1) is 18.3 Å². The van der Waals surface area contributed by atoms with Crippen molar-refractivity contribution >= 4 is 5.91 Å². The Kier molecular flexibility index (Phi) is 4.10. The summed E-state index contributed by atoms with van der Waals surface area (Å²) >= 11 is 0. The first kappa shape index (κ1) is 13.9. The minimum atomic E-state index is -0.716. The number of benzene rings is 1. The van der Waals surface area contributed by atoms with Gasteiger partial charge < -0.3 is 14.7 Å². The van der Waals surface area contributed by atoms with Gasteiger partial charge >= 0.3 is 0 Å². The van der Waals surface area contributed by atoms with E-state index in [-0.39, 0.29) is 5.91 Å². The topological polar surface area (TPSA) is 49.8 Å². The van der Waals surface area contributed by atoms with E-state index in [1.165, 1.54) is 0 Å². The van der Waals surface area contributed by atoms with E-state index in [1.807, 2.05) is 12.1 Å². The van der Waals surface area contributed by atoms with Gasteiger partial charge in [0.25, 0.3) is 5.91 Å². The number of aliphatic hydroxyl groups is 1. The van der Waals surface area contributed by atoms with Crippen molar-refractivity contribution in [3.05, 3.63) is 29.8 Å². The van der Waals surface area contributed by atoms with Crippen LogP contribution in [0.2, 0.25) is 0 Å². The number of nitrogens with zero attached hydrogens (tertiary/aromatic N) is 1. The largest absolute Gasteiger partial charge is 0.496 e. The summed E-state index contributed by atoms with van der Waals surface area (Å²) in [5.41, 5.74) is -0.180. The molecule has 0 aromatic heterocycles. The molecule has 0 unspecified atom stereocenters. The maximum absolute atomic E-state index is 12.4. The maximum Gasteiger partial charge on any atom is 0.257 e. The molecule has 1 aromatic carbocycles. The quantitative estimate of drug-likeness (QED) is 0.904. The second kappa shape index (κ2) is 5.61. The molecule has 19 heavy (non-hydrogen) atoms. The SMILES string of the molecule is COc1ccccc1C(=O)N(C)CC1(O)CCCC1. The molecule has 1 aliphatic rings. The zero-order valence-corrected chi connectivity index (χ0v) is 11.6. The van der Waals surface area contributed by atoms with E-state index < -0.39 is 5.60 Å². The summed E-state index contributed by atoms with van der Waals surface area (Å²) in [5, 5.41) is 10.4. The molecule has 0 aliphatic heterocycles. The van der Waals surface area contributed by atoms with Gasteiger partial charge in [0.1, 0.15) is 5.75 Å². The number of ether oxygens (including phenoxy) is 1. The summed E-state index contributed by atoms with van der Waals surface area (Å²) in [4.78, 5) is 14.0. The third-order valence-corrected chi connectivity index (χ3v) is 3.75. The Hall–Kier alpha value is -1.55. The number of hydrogen-bond donors (Lipinski definition) is 1. The number of para-hydroxylation sites is 1. The van der Waals surface area contributed by atoms with Crippen LogP contribution in [0, 0.1) is 0 Å². The fourth-order valence-corrected chi connectivity index (χ4v) is 2.73. The van der Waals surface area contributed by atoms with Gasteiger partial charge in [-0.2, -0.15) is 0 Å². The molecule has 0 saturated heterocycles. The highest BCUT2D eigenvalue weighted by atomic mass is 16.5. The highest BCUT2D eigenvalue weighted by molar-refractivity contribution is 5.96. The molecule has 0 spiro atoms. The van der Waals surface area contributed by atoms with Crippen molar-refractivity contribution in [2.45, 2.75) is 31.3 Å². The number of methoxy groups -OCH3 is 1. The fourth-order valence-electron chi connectivity index (χ4n) is 2.73. The van der Waals surface area contributed by atoms with Crippen molar-refractivity contribution < 1.29 is 14.6 Å². The van der Waals surface area contributed by atoms with Crippen molar-refractivity contribution in [2.75, 3.05) is 20.7 Å². The van der Waals surface area contributed by atoms with Crippen LogP contribution in [-0.4, -0.2) is 42.2 Å². The smallest absolute Gasteiger partial charge is 0.257 e. The van der Waals surface area contributed by atoms with Crippen molar-refractivity contribution in [3.8, 4) is 5.75 Å². The van der Waals surface area contributed by atoms with E-state index in [0.717, 1.165) is 25.7 Å². The minimum absolute atomic E-state index is 0.113. The van der Waals surface area contributed by atoms with E-state index in [0.29, 0.717) is 17.9 Å². The summed E-state index contributed by atoms with van der Waals surface area (Å²) in [6, 6.07) is 7.16. The molecule has 1 saturated carbocycles. The molecule has 0 radical (unpaired) electrons. The third-order valence-electron chi connectivity index (χ3n) is 3.75. The number of carbonyl (C=O) groups is 1. The molecular weight excluding hydrogens is 242 g/mol. The third kappa shape index (κ3) is 3.07. The summed E-state index contributed by atoms with van der Waals surface area (Å²) in [7, 11) is 3.28. The number of hydrogen-bond acceptors (Lipinski definition) is 3. The van der Waals surface area contributed by atoms with Crippen LogP contribution in [0.25, 0.3) is 0 Å². The van der Waals surface area contributed by atoms with Gasteiger partial charge in [-0.1, -0.05) is 25.0 Å². The molecule has 1 N–H and O–H groups in total. The molecule has 0 atom stereocenters. The van der Waals surface area contributed by atoms with Crippen molar-refractivity contribution in [1.82, 2.24) is 4.90 Å². The molecule has 0 heterocycles. The predicted octanol–water partition coefficient (Wildman–Crippen LogP) is 2.07. The maximum atomic E-state index is 12.4. The summed E-state index contributed by atoms with van der Waals surface area (Å²) < 4.78 is 5.20. The van der Waals surface area contributed by atoms with Gasteiger partial charge in [-0.05, 0) is 25.0 Å². The summed E-state index contributed by atoms with van der Waals surface area (Å²) in [6.45, 7) is 0.379. The van der Waals surface area contributed by atoms with Crippen LogP contribution in [0.15, 0.2) is 24.3 Å². The number of rotatable bonds is 4. The van der Waals surface area contributed by atoms with E-state index in [1.54, 1.807) is 31.2 Å². The lowest BCUT2D eigenvalue weighted by molar-refractivity contribution is 0.0155. The van der Waals surface area contributed by atoms with E-state index >= 15 is 0 Å². The number of carbonyl (C=O) groups excluding carboxylic acids is 1. The van der Waals surface area contributed by atoms with Gasteiger partial charge in [0.2, 0.25) is 0 Å². The second-order valence-electron chi connectivity index (χ2n) is 5.29. The first-order valence-electron chi connectivity index (χ1n) is 6.67. The molecule has 4 nitrogen and oxygen atoms in total. The van der Waals surface area contributed by atoms with Crippen LogP contribution in [-0.2, 0) is 0 Å². The fraction of sp³-hybridized carbons (Fsp3) is 0.533. The lowest BCUT2D eigenvalue weighted by Gasteiger charge is -2.29. The molecular formula is C15H21NO3. The average Bonchev–Trinajstić information content (AvgIpc) is 2.84. The normalized spacial score (nSPS) is 17.2. The molecule has 104 valence electrons. The summed E-state index contributed by atoms with van der Waals surface area (Å²) in [5.74, 6) is 0.454. The molecule has 1 fully saturated rings. The van der Waals surface area contributed by atoms with Gasteiger partial charge in [0.15, 0.2) is 0 Å². The summed E-state index contributed by atoms with van der Waals surface area (Å²) in [6.07, 6.45) is 3.62. The van der Waals surface area contributed by atoms with Gasteiger partial charge in [-0.3, -0.25) is 4.79 Å². The molecule has 2 rings (SSSR count). The first-order valence-corrected chi connectivity index (χ1v) is 6.67. The monoisotopic (exact) mass is 263 g/mol. The second-order valence-corrected chi connectivity index (χ2v) is 5.29. The zero-order chi connectivity index (χ0) is 13.9. The first-order chi connectivity index (χ1) is 9.06. The Morgan fingerprint density at radius 1 is 1.37 bits per heavy atom. The Bertz CT molecular complexity index is 452. The molecule has 1 aliphatic carbocycles. The standard InChI is InChI=1S/C15H21NO3/c1-16(11-15(18)9-5-6-10-15)14(17)12-7-3-4-8-13(12)19-2/h3-4,7-8,18H,5-6,9-11H2,1-2H3. The van der Waals surface area contributed by atoms with Crippen molar-refractivity contribution in [2.24, 2.45) is 0 Å². The Morgan fingerprint density at radius 3 is 2.63 bits per heavy atom. The lowest BCUT2D eigenvalue weighted by Crippen LogP contribution is -2.42. The molecule has 1 aromatic rings. The van der Waals surface area contributed by atoms with E-state index in [9.17, 15) is 9.90 Å². The van der Waals surface area contributed by atoms with Crippen LogP contribution >= 0.6 is 0 Å². The van der Waals surface area contributed by atoms with Gasteiger partial charge in [0, 0.05) is 13.6 Å². The van der Waals surface area contributed by atoms with Gasteiger partial charge in [-0.15, -0.1) is 0 Å². The molecule has 1 amide bonds. The van der Waals surface area contributed by atoms with E-state index in [4.69, 9.17) is 4.74 Å². The van der Waals surface area contributed by atoms with Crippen LogP contribution in [0.3, 0.4) is 0 Å². The Morgan fingerprint density at radius 2 is 2.00 bits per heavy atom. The van der Waals surface area contributed by atoms with Crippen LogP contribution in [0.4, 0.5) is 0 Å². The van der Waals surface area contributed by atoms with Crippen LogP contribution < -0.4 is 4.74 Å². The Balaban J connectivity index is 2.10. The number of likely N-dealkylation sites (N-methyl/N-ethyl adjacent to an activating group) is 1. The molecule has 0 bridgehead atoms. The highest BCUT2D eigenvalue weighted by Gasteiger charge is 2.33. The van der Waals surface area contributed by atoms with Gasteiger partial charge in [-0.25, -0.2) is 0 Å².